The van der Waals surface area contributed by atoms with Gasteiger partial charge in [0.25, 0.3) is 0 Å². The summed E-state index contributed by atoms with van der Waals surface area (Å²) < 4.78 is 44.6. The first-order valence-corrected chi connectivity index (χ1v) is 10.9. The summed E-state index contributed by atoms with van der Waals surface area (Å²) in [6.07, 6.45) is 3.53. The van der Waals surface area contributed by atoms with E-state index in [0.29, 0.717) is 44.7 Å². The van der Waals surface area contributed by atoms with Gasteiger partial charge in [-0.1, -0.05) is 17.7 Å². The zero-order valence-corrected chi connectivity index (χ0v) is 17.8. The van der Waals surface area contributed by atoms with E-state index in [4.69, 9.17) is 4.74 Å². The fourth-order valence-corrected chi connectivity index (χ4v) is 3.77. The number of ether oxygens (including phenoxy) is 1. The number of rotatable bonds is 7. The van der Waals surface area contributed by atoms with E-state index in [-0.39, 0.29) is 11.6 Å². The largest absolute Gasteiger partial charge is 0.416 e. The molecule has 0 atom stereocenters. The molecule has 0 radical (unpaired) electrons. The zero-order chi connectivity index (χ0) is 22.4. The number of nitrogens with one attached hydrogen (secondary N) is 2. The van der Waals surface area contributed by atoms with Crippen LogP contribution in [0.4, 0.5) is 36.7 Å². The average molecular weight is 448 g/mol. The van der Waals surface area contributed by atoms with Crippen molar-refractivity contribution in [3.05, 3.63) is 41.5 Å². The standard InChI is InChI=1S/C22H27F3N6O/c23-22(24,25)17-7-4-8-18(15-17)27-20-28-19(26-10-9-16-5-2-1-3-6-16)29-21(30-20)31-11-13-32-14-12-31/h4-5,7-8,15H,1-3,6,9-14H2,(H2,26,27,28,29,30). The molecular weight excluding hydrogens is 421 g/mol. The highest BCUT2D eigenvalue weighted by Crippen LogP contribution is 2.31. The number of halogens is 3. The number of benzene rings is 1. The molecule has 1 fully saturated rings. The van der Waals surface area contributed by atoms with Crippen molar-refractivity contribution in [3.8, 4) is 0 Å². The van der Waals surface area contributed by atoms with Gasteiger partial charge in [-0.25, -0.2) is 0 Å². The Hall–Kier alpha value is -2.88. The minimum Gasteiger partial charge on any atom is -0.378 e. The van der Waals surface area contributed by atoms with E-state index >= 15 is 0 Å². The van der Waals surface area contributed by atoms with Crippen LogP contribution in [0.3, 0.4) is 0 Å². The van der Waals surface area contributed by atoms with Crippen LogP contribution < -0.4 is 15.5 Å². The van der Waals surface area contributed by atoms with E-state index in [1.54, 1.807) is 6.07 Å². The van der Waals surface area contributed by atoms with Crippen LogP contribution >= 0.6 is 0 Å². The molecule has 1 aliphatic carbocycles. The first-order chi connectivity index (χ1) is 15.5. The van der Waals surface area contributed by atoms with Crippen LogP contribution in [0.15, 0.2) is 35.9 Å². The maximum Gasteiger partial charge on any atom is 0.416 e. The Labute approximate surface area is 185 Å². The van der Waals surface area contributed by atoms with Gasteiger partial charge in [-0.3, -0.25) is 0 Å². The maximum atomic E-state index is 13.1. The number of alkyl halides is 3. The van der Waals surface area contributed by atoms with Crippen molar-refractivity contribution >= 4 is 23.5 Å². The number of hydrogen-bond donors (Lipinski definition) is 2. The lowest BCUT2D eigenvalue weighted by Crippen LogP contribution is -2.37. The van der Waals surface area contributed by atoms with Crippen molar-refractivity contribution in [2.24, 2.45) is 0 Å². The Morgan fingerprint density at radius 3 is 2.59 bits per heavy atom. The Morgan fingerprint density at radius 1 is 1.03 bits per heavy atom. The molecule has 2 aromatic rings. The molecule has 172 valence electrons. The molecule has 7 nitrogen and oxygen atoms in total. The number of aromatic nitrogens is 3. The number of anilines is 4. The zero-order valence-electron chi connectivity index (χ0n) is 17.8. The third kappa shape index (κ3) is 6.09. The van der Waals surface area contributed by atoms with Gasteiger partial charge in [-0.05, 0) is 50.3 Å². The predicted molar refractivity (Wildman–Crippen MR) is 117 cm³/mol. The predicted octanol–water partition coefficient (Wildman–Crippen LogP) is 4.77. The van der Waals surface area contributed by atoms with Gasteiger partial charge in [-0.15, -0.1) is 0 Å². The summed E-state index contributed by atoms with van der Waals surface area (Å²) in [6, 6.07) is 4.98. The van der Waals surface area contributed by atoms with Crippen LogP contribution in [0, 0.1) is 0 Å². The second-order valence-electron chi connectivity index (χ2n) is 7.87. The highest BCUT2D eigenvalue weighted by Gasteiger charge is 2.30. The first-order valence-electron chi connectivity index (χ1n) is 10.9. The first kappa shape index (κ1) is 22.3. The highest BCUT2D eigenvalue weighted by atomic mass is 19.4. The Kier molecular flexibility index (Phi) is 7.09. The minimum absolute atomic E-state index is 0.195. The van der Waals surface area contributed by atoms with Crippen molar-refractivity contribution in [2.45, 2.75) is 38.3 Å². The summed E-state index contributed by atoms with van der Waals surface area (Å²) in [5, 5.41) is 6.16. The van der Waals surface area contributed by atoms with Crippen molar-refractivity contribution in [3.63, 3.8) is 0 Å². The third-order valence-electron chi connectivity index (χ3n) is 5.48. The van der Waals surface area contributed by atoms with Crippen molar-refractivity contribution in [1.29, 1.82) is 0 Å². The van der Waals surface area contributed by atoms with Gasteiger partial charge in [-0.2, -0.15) is 28.1 Å². The van der Waals surface area contributed by atoms with E-state index in [2.05, 4.69) is 31.7 Å². The van der Waals surface area contributed by atoms with Crippen LogP contribution in [0.25, 0.3) is 0 Å². The van der Waals surface area contributed by atoms with Gasteiger partial charge in [0.15, 0.2) is 0 Å². The molecule has 0 saturated carbocycles. The normalized spacial score (nSPS) is 17.1. The molecule has 1 aliphatic heterocycles. The quantitative estimate of drug-likeness (QED) is 0.591. The molecule has 0 spiro atoms. The van der Waals surface area contributed by atoms with E-state index in [1.807, 2.05) is 4.90 Å². The fraction of sp³-hybridized carbons (Fsp3) is 0.500. The van der Waals surface area contributed by atoms with E-state index < -0.39 is 11.7 Å². The lowest BCUT2D eigenvalue weighted by Gasteiger charge is -2.27. The molecular formula is C22H27F3N6O. The lowest BCUT2D eigenvalue weighted by atomic mass is 9.97. The van der Waals surface area contributed by atoms with Gasteiger partial charge in [0.2, 0.25) is 17.8 Å². The van der Waals surface area contributed by atoms with Gasteiger partial charge in [0, 0.05) is 25.3 Å². The molecule has 32 heavy (non-hydrogen) atoms. The summed E-state index contributed by atoms with van der Waals surface area (Å²) in [5.74, 6) is 1.06. The molecule has 0 amide bonds. The molecule has 4 rings (SSSR count). The number of morpholine rings is 1. The minimum atomic E-state index is -4.42. The SMILES string of the molecule is FC(F)(F)c1cccc(Nc2nc(NCCC3=CCCCC3)nc(N3CCOCC3)n2)c1. The van der Waals surface area contributed by atoms with Crippen molar-refractivity contribution < 1.29 is 17.9 Å². The average Bonchev–Trinajstić information content (AvgIpc) is 2.80. The second kappa shape index (κ2) is 10.2. The van der Waals surface area contributed by atoms with Crippen molar-refractivity contribution in [1.82, 2.24) is 15.0 Å². The topological polar surface area (TPSA) is 75.2 Å². The maximum absolute atomic E-state index is 13.1. The lowest BCUT2D eigenvalue weighted by molar-refractivity contribution is -0.137. The van der Waals surface area contributed by atoms with Gasteiger partial charge >= 0.3 is 6.18 Å². The molecule has 1 aromatic heterocycles. The summed E-state index contributed by atoms with van der Waals surface area (Å²) in [6.45, 7) is 3.10. The highest BCUT2D eigenvalue weighted by molar-refractivity contribution is 5.57. The van der Waals surface area contributed by atoms with Gasteiger partial charge in [0.05, 0.1) is 18.8 Å². The smallest absolute Gasteiger partial charge is 0.378 e. The molecule has 2 heterocycles. The molecule has 10 heteroatoms. The van der Waals surface area contributed by atoms with Gasteiger partial charge < -0.3 is 20.3 Å². The second-order valence-corrected chi connectivity index (χ2v) is 7.87. The molecule has 2 N–H and O–H groups in total. The van der Waals surface area contributed by atoms with E-state index in [0.717, 1.165) is 31.4 Å². The van der Waals surface area contributed by atoms with Crippen LogP contribution in [-0.2, 0) is 10.9 Å². The van der Waals surface area contributed by atoms with Crippen LogP contribution in [0.5, 0.6) is 0 Å². The van der Waals surface area contributed by atoms with Gasteiger partial charge in [0.1, 0.15) is 0 Å². The monoisotopic (exact) mass is 448 g/mol. The summed E-state index contributed by atoms with van der Waals surface area (Å²) in [4.78, 5) is 15.4. The number of allylic oxidation sites excluding steroid dienone is 1. The molecule has 1 saturated heterocycles. The van der Waals surface area contributed by atoms with E-state index in [1.165, 1.54) is 24.5 Å². The summed E-state index contributed by atoms with van der Waals surface area (Å²) >= 11 is 0. The molecule has 1 aromatic carbocycles. The van der Waals surface area contributed by atoms with Crippen molar-refractivity contribution in [2.75, 3.05) is 48.4 Å². The fourth-order valence-electron chi connectivity index (χ4n) is 3.77. The number of nitrogens with zero attached hydrogens (tertiary/aromatic N) is 4. The Bertz CT molecular complexity index is 944. The van der Waals surface area contributed by atoms with Crippen LogP contribution in [0.1, 0.15) is 37.7 Å². The van der Waals surface area contributed by atoms with Crippen LogP contribution in [-0.4, -0.2) is 47.8 Å². The summed E-state index contributed by atoms with van der Waals surface area (Å²) in [7, 11) is 0. The Balaban J connectivity index is 1.52. The summed E-state index contributed by atoms with van der Waals surface area (Å²) in [5.41, 5.74) is 0.967. The van der Waals surface area contributed by atoms with Crippen LogP contribution in [0.2, 0.25) is 0 Å². The van der Waals surface area contributed by atoms with E-state index in [9.17, 15) is 13.2 Å². The Morgan fingerprint density at radius 2 is 1.84 bits per heavy atom. The number of hydrogen-bond acceptors (Lipinski definition) is 7. The third-order valence-corrected chi connectivity index (χ3v) is 5.48. The molecule has 0 unspecified atom stereocenters. The molecule has 2 aliphatic rings. The molecule has 0 bridgehead atoms.